The molecule has 6 heteroatoms. The van der Waals surface area contributed by atoms with Gasteiger partial charge < -0.3 is 15.1 Å². The maximum absolute atomic E-state index is 11.3. The lowest BCUT2D eigenvalue weighted by molar-refractivity contribution is -0.384. The van der Waals surface area contributed by atoms with Crippen LogP contribution in [0.4, 0.5) is 11.4 Å². The third-order valence-corrected chi connectivity index (χ3v) is 4.84. The molecule has 0 aromatic heterocycles. The van der Waals surface area contributed by atoms with Crippen molar-refractivity contribution in [3.8, 4) is 0 Å². The Morgan fingerprint density at radius 2 is 2.14 bits per heavy atom. The van der Waals surface area contributed by atoms with E-state index in [2.05, 4.69) is 0 Å². The van der Waals surface area contributed by atoms with E-state index in [0.717, 1.165) is 19.4 Å². The van der Waals surface area contributed by atoms with Crippen LogP contribution in [0.1, 0.15) is 31.4 Å². The van der Waals surface area contributed by atoms with Gasteiger partial charge in [0, 0.05) is 25.1 Å². The molecule has 1 heterocycles. The molecule has 4 unspecified atom stereocenters. The molecule has 1 aliphatic carbocycles. The average molecular weight is 292 g/mol. The lowest BCUT2D eigenvalue weighted by Crippen LogP contribution is -2.25. The van der Waals surface area contributed by atoms with Gasteiger partial charge in [-0.2, -0.15) is 0 Å². The van der Waals surface area contributed by atoms with Gasteiger partial charge in [-0.15, -0.1) is 0 Å². The number of nitrogens with zero attached hydrogens (tertiary/aromatic N) is 2. The number of fused-ring (bicyclic) bond motifs is 1. The van der Waals surface area contributed by atoms with Crippen molar-refractivity contribution in [1.29, 1.82) is 0 Å². The van der Waals surface area contributed by atoms with E-state index < -0.39 is 11.0 Å². The van der Waals surface area contributed by atoms with Gasteiger partial charge in [0.05, 0.1) is 17.1 Å². The summed E-state index contributed by atoms with van der Waals surface area (Å²) >= 11 is 0. The molecular formula is C15H20N2O4. The zero-order valence-electron chi connectivity index (χ0n) is 12.0. The van der Waals surface area contributed by atoms with Crippen LogP contribution < -0.4 is 4.90 Å². The molecule has 2 aliphatic rings. The van der Waals surface area contributed by atoms with Gasteiger partial charge in [-0.25, -0.2) is 0 Å². The van der Waals surface area contributed by atoms with Crippen LogP contribution in [0.2, 0.25) is 0 Å². The molecule has 3 rings (SSSR count). The normalized spacial score (nSPS) is 29.5. The molecule has 1 aliphatic heterocycles. The van der Waals surface area contributed by atoms with E-state index in [-0.39, 0.29) is 17.7 Å². The number of nitro groups is 1. The van der Waals surface area contributed by atoms with Gasteiger partial charge in [0.2, 0.25) is 0 Å². The zero-order valence-corrected chi connectivity index (χ0v) is 12.0. The average Bonchev–Trinajstić information content (AvgIpc) is 3.00. The molecule has 1 saturated heterocycles. The van der Waals surface area contributed by atoms with Crippen LogP contribution >= 0.6 is 0 Å². The van der Waals surface area contributed by atoms with Crippen molar-refractivity contribution in [3.63, 3.8) is 0 Å². The van der Waals surface area contributed by atoms with Gasteiger partial charge in [-0.05, 0) is 37.3 Å². The van der Waals surface area contributed by atoms with Gasteiger partial charge in [-0.1, -0.05) is 6.07 Å². The van der Waals surface area contributed by atoms with Crippen molar-refractivity contribution in [3.05, 3.63) is 33.9 Å². The minimum atomic E-state index is -0.725. The van der Waals surface area contributed by atoms with Crippen molar-refractivity contribution in [2.75, 3.05) is 18.0 Å². The van der Waals surface area contributed by atoms with Crippen LogP contribution in [-0.2, 0) is 0 Å². The Labute approximate surface area is 123 Å². The molecule has 6 nitrogen and oxygen atoms in total. The van der Waals surface area contributed by atoms with E-state index in [1.54, 1.807) is 19.1 Å². The topological polar surface area (TPSA) is 86.8 Å². The van der Waals surface area contributed by atoms with Crippen LogP contribution in [0.25, 0.3) is 0 Å². The van der Waals surface area contributed by atoms with Crippen LogP contribution in [0.15, 0.2) is 18.2 Å². The Hall–Kier alpha value is -1.66. The summed E-state index contributed by atoms with van der Waals surface area (Å²) in [6.45, 7) is 3.02. The minimum absolute atomic E-state index is 0.0304. The minimum Gasteiger partial charge on any atom is -0.393 e. The second-order valence-corrected chi connectivity index (χ2v) is 6.15. The maximum atomic E-state index is 11.3. The highest BCUT2D eigenvalue weighted by molar-refractivity contribution is 5.65. The van der Waals surface area contributed by atoms with E-state index in [1.165, 1.54) is 6.07 Å². The quantitative estimate of drug-likeness (QED) is 0.656. The molecule has 1 aromatic rings. The molecule has 21 heavy (non-hydrogen) atoms. The molecule has 1 aromatic carbocycles. The van der Waals surface area contributed by atoms with Gasteiger partial charge in [0.1, 0.15) is 5.69 Å². The summed E-state index contributed by atoms with van der Waals surface area (Å²) < 4.78 is 0. The molecule has 114 valence electrons. The second-order valence-electron chi connectivity index (χ2n) is 6.15. The highest BCUT2D eigenvalue weighted by Crippen LogP contribution is 2.42. The van der Waals surface area contributed by atoms with Crippen molar-refractivity contribution in [2.45, 2.75) is 32.0 Å². The van der Waals surface area contributed by atoms with E-state index in [0.29, 0.717) is 23.7 Å². The molecule has 2 N–H and O–H groups in total. The van der Waals surface area contributed by atoms with Gasteiger partial charge in [0.25, 0.3) is 5.69 Å². The number of benzene rings is 1. The Balaban J connectivity index is 1.90. The molecule has 0 spiro atoms. The number of rotatable bonds is 3. The summed E-state index contributed by atoms with van der Waals surface area (Å²) in [6.07, 6.45) is 0.821. The highest BCUT2D eigenvalue weighted by atomic mass is 16.6. The lowest BCUT2D eigenvalue weighted by Gasteiger charge is -2.21. The summed E-state index contributed by atoms with van der Waals surface area (Å²) in [5, 5.41) is 30.9. The molecule has 0 amide bonds. The SMILES string of the molecule is CC(O)c1ccc(N2CC3CCC(O)C3C2)c([N+](=O)[O-])c1. The number of nitro benzene ring substituents is 1. The van der Waals surface area contributed by atoms with E-state index in [9.17, 15) is 20.3 Å². The number of hydrogen-bond acceptors (Lipinski definition) is 5. The van der Waals surface area contributed by atoms with Crippen molar-refractivity contribution in [2.24, 2.45) is 11.8 Å². The summed E-state index contributed by atoms with van der Waals surface area (Å²) in [7, 11) is 0. The van der Waals surface area contributed by atoms with Crippen LogP contribution in [-0.4, -0.2) is 34.3 Å². The van der Waals surface area contributed by atoms with Crippen LogP contribution in [0, 0.1) is 22.0 Å². The summed E-state index contributed by atoms with van der Waals surface area (Å²) in [6, 6.07) is 4.90. The predicted octanol–water partition coefficient (Wildman–Crippen LogP) is 1.86. The first kappa shape index (κ1) is 14.3. The Bertz CT molecular complexity index is 561. The fourth-order valence-corrected chi connectivity index (χ4v) is 3.65. The van der Waals surface area contributed by atoms with E-state index in [1.807, 2.05) is 4.90 Å². The fourth-order valence-electron chi connectivity index (χ4n) is 3.65. The third-order valence-electron chi connectivity index (χ3n) is 4.84. The molecule has 1 saturated carbocycles. The van der Waals surface area contributed by atoms with Crippen molar-refractivity contribution in [1.82, 2.24) is 0 Å². The molecule has 0 radical (unpaired) electrons. The zero-order chi connectivity index (χ0) is 15.1. The van der Waals surface area contributed by atoms with E-state index >= 15 is 0 Å². The largest absolute Gasteiger partial charge is 0.393 e. The van der Waals surface area contributed by atoms with Gasteiger partial charge in [-0.3, -0.25) is 10.1 Å². The van der Waals surface area contributed by atoms with Gasteiger partial charge >= 0.3 is 0 Å². The second kappa shape index (κ2) is 5.27. The monoisotopic (exact) mass is 292 g/mol. The van der Waals surface area contributed by atoms with Crippen molar-refractivity contribution < 1.29 is 15.1 Å². The number of anilines is 1. The first-order chi connectivity index (χ1) is 9.97. The number of aliphatic hydroxyl groups is 2. The predicted molar refractivity (Wildman–Crippen MR) is 78.2 cm³/mol. The Kier molecular flexibility index (Phi) is 3.59. The summed E-state index contributed by atoms with van der Waals surface area (Å²) in [5.41, 5.74) is 1.17. The maximum Gasteiger partial charge on any atom is 0.292 e. The molecule has 0 bridgehead atoms. The van der Waals surface area contributed by atoms with Gasteiger partial charge in [0.15, 0.2) is 0 Å². The standard InChI is InChI=1S/C15H20N2O4/c1-9(18)10-2-4-13(14(6-10)17(20)21)16-7-11-3-5-15(19)12(11)8-16/h2,4,6,9,11-12,15,18-19H,3,5,7-8H2,1H3. The van der Waals surface area contributed by atoms with Crippen molar-refractivity contribution >= 4 is 11.4 Å². The first-order valence-corrected chi connectivity index (χ1v) is 7.36. The lowest BCUT2D eigenvalue weighted by atomic mass is 10.00. The summed E-state index contributed by atoms with van der Waals surface area (Å²) in [4.78, 5) is 12.9. The molecule has 2 fully saturated rings. The van der Waals surface area contributed by atoms with Crippen LogP contribution in [0.5, 0.6) is 0 Å². The third kappa shape index (κ3) is 2.49. The molecular weight excluding hydrogens is 272 g/mol. The van der Waals surface area contributed by atoms with Crippen LogP contribution in [0.3, 0.4) is 0 Å². The summed E-state index contributed by atoms with van der Waals surface area (Å²) in [5.74, 6) is 0.650. The smallest absolute Gasteiger partial charge is 0.292 e. The Morgan fingerprint density at radius 3 is 2.76 bits per heavy atom. The first-order valence-electron chi connectivity index (χ1n) is 7.36. The molecule has 4 atom stereocenters. The highest BCUT2D eigenvalue weighted by Gasteiger charge is 2.43. The fraction of sp³-hybridized carbons (Fsp3) is 0.600. The number of aliphatic hydroxyl groups excluding tert-OH is 2. The Morgan fingerprint density at radius 1 is 1.38 bits per heavy atom. The van der Waals surface area contributed by atoms with E-state index in [4.69, 9.17) is 0 Å². The number of hydrogen-bond donors (Lipinski definition) is 2.